The molecule has 1 aromatic rings. The van der Waals surface area contributed by atoms with Crippen molar-refractivity contribution in [2.24, 2.45) is 35.1 Å². The fourth-order valence-corrected chi connectivity index (χ4v) is 8.29. The highest BCUT2D eigenvalue weighted by Gasteiger charge is 2.41. The molecule has 0 radical (unpaired) electrons. The van der Waals surface area contributed by atoms with Gasteiger partial charge in [-0.2, -0.15) is 0 Å². The number of hydrogen-bond acceptors (Lipinski definition) is 14. The number of nitrogens with two attached hydrogens (primary N) is 2. The highest BCUT2D eigenvalue weighted by molar-refractivity contribution is 5.99. The van der Waals surface area contributed by atoms with Crippen molar-refractivity contribution in [3.63, 3.8) is 0 Å². The summed E-state index contributed by atoms with van der Waals surface area (Å²) in [6.45, 7) is 14.8. The third-order valence-electron chi connectivity index (χ3n) is 13.4. The van der Waals surface area contributed by atoms with E-state index in [1.165, 1.54) is 24.3 Å². The van der Waals surface area contributed by atoms with E-state index in [4.69, 9.17) is 11.5 Å². The zero-order chi connectivity index (χ0) is 57.6. The Balaban J connectivity index is 2.33. The number of amides is 10. The van der Waals surface area contributed by atoms with Crippen molar-refractivity contribution in [2.45, 2.75) is 181 Å². The number of carboxylic acid groups (broad SMARTS) is 2. The molecule has 27 heteroatoms. The summed E-state index contributed by atoms with van der Waals surface area (Å²) in [7, 11) is 0. The van der Waals surface area contributed by atoms with Crippen LogP contribution in [-0.4, -0.2) is 164 Å². The first-order chi connectivity index (χ1) is 35.7. The summed E-state index contributed by atoms with van der Waals surface area (Å²) in [6, 6.07) is -12.2. The third-order valence-corrected chi connectivity index (χ3v) is 13.4. The van der Waals surface area contributed by atoms with E-state index in [9.17, 15) is 67.7 Å². The van der Waals surface area contributed by atoms with E-state index in [1.807, 2.05) is 13.8 Å². The van der Waals surface area contributed by atoms with Gasteiger partial charge in [0.05, 0.1) is 19.3 Å². The van der Waals surface area contributed by atoms with Gasteiger partial charge in [0, 0.05) is 31.3 Å². The molecule has 27 nitrogen and oxygen atoms in total. The maximum atomic E-state index is 14.1. The highest BCUT2D eigenvalue weighted by Crippen LogP contribution is 2.20. The zero-order valence-corrected chi connectivity index (χ0v) is 45.0. The van der Waals surface area contributed by atoms with E-state index in [0.717, 1.165) is 0 Å². The molecule has 2 heterocycles. The first-order valence-corrected chi connectivity index (χ1v) is 25.8. The molecular formula is C49H81N13O14. The number of nitrogens with one attached hydrogen (secondary N) is 9. The predicted octanol–water partition coefficient (Wildman–Crippen LogP) is -2.19. The van der Waals surface area contributed by atoms with Gasteiger partial charge in [0.2, 0.25) is 59.1 Å². The van der Waals surface area contributed by atoms with Crippen molar-refractivity contribution in [1.82, 2.24) is 57.4 Å². The Kier molecular flexibility index (Phi) is 27.0. The normalized spacial score (nSPS) is 17.6. The van der Waals surface area contributed by atoms with Crippen LogP contribution in [0, 0.1) is 23.7 Å². The standard InChI is InChI=1S/C49H81N13O14/c1-10-25(6)38(59-44(70)33(20-37(65)66)58-47(73)39(26(7)11-2)60-43(69)31(18-24(4)5)55-36(64)21-50)46(72)54-28(9)48(74)62-17-13-14-34(62)45(71)57-32(19-29-22-52-23-53-29)42(68)56-30(15-16-35(51)63)41(67)61-40(49(75)76)27(8)12-3/h22-28,30-34,38-40H,10-21,50H2,1-9H3,(H2,51,63)(H,52,53)(H,54,72)(H,55,64)(H,56,68)(H,57,71)(H,58,73)(H,59,70)(H,60,69)(H,61,67)(H,65,66)(H,75,76)/t25-,26-,27-,28-,30-,31-,32-,33-,34-,38-,39-,40-/m0/s1. The van der Waals surface area contributed by atoms with Gasteiger partial charge in [-0.05, 0) is 56.3 Å². The minimum Gasteiger partial charge on any atom is -0.481 e. The molecule has 0 bridgehead atoms. The van der Waals surface area contributed by atoms with Gasteiger partial charge < -0.3 is 74.1 Å². The second kappa shape index (κ2) is 31.6. The maximum Gasteiger partial charge on any atom is 0.326 e. The number of aromatic amines is 1. The molecule has 0 aliphatic carbocycles. The molecule has 1 aliphatic heterocycles. The van der Waals surface area contributed by atoms with Gasteiger partial charge in [-0.15, -0.1) is 0 Å². The van der Waals surface area contributed by atoms with E-state index in [0.29, 0.717) is 31.4 Å². The van der Waals surface area contributed by atoms with E-state index in [1.54, 1.807) is 41.5 Å². The molecule has 10 amide bonds. The van der Waals surface area contributed by atoms with Crippen LogP contribution < -0.4 is 54.0 Å². The zero-order valence-electron chi connectivity index (χ0n) is 45.0. The number of H-pyrrole nitrogens is 1. The molecule has 15 N–H and O–H groups in total. The van der Waals surface area contributed by atoms with Gasteiger partial charge in [0.25, 0.3) is 0 Å². The molecule has 0 saturated carbocycles. The molecule has 2 rings (SSSR count). The van der Waals surface area contributed by atoms with Crippen LogP contribution in [0.2, 0.25) is 0 Å². The monoisotopic (exact) mass is 1080 g/mol. The number of likely N-dealkylation sites (tertiary alicyclic amines) is 1. The van der Waals surface area contributed by atoms with Crippen LogP contribution >= 0.6 is 0 Å². The molecule has 1 aliphatic rings. The summed E-state index contributed by atoms with van der Waals surface area (Å²) in [6.07, 6.45) is 2.67. The van der Waals surface area contributed by atoms with Gasteiger partial charge in [0.1, 0.15) is 54.4 Å². The average molecular weight is 1080 g/mol. The first-order valence-electron chi connectivity index (χ1n) is 25.8. The number of aliphatic carboxylic acids is 2. The van der Waals surface area contributed by atoms with Crippen LogP contribution in [0.15, 0.2) is 12.5 Å². The molecule has 76 heavy (non-hydrogen) atoms. The lowest BCUT2D eigenvalue weighted by Gasteiger charge is -2.31. The van der Waals surface area contributed by atoms with Gasteiger partial charge in [0.15, 0.2) is 0 Å². The van der Waals surface area contributed by atoms with E-state index in [2.05, 4.69) is 52.5 Å². The Hall–Kier alpha value is -7.19. The SMILES string of the molecule is CC[C@H](C)[C@H](NC(=O)[C@H](CCC(N)=O)NC(=O)[C@H](Cc1cnc[nH]1)NC(=O)[C@@H]1CCCN1C(=O)[C@H](C)NC(=O)[C@@H](NC(=O)[C@H](CC(=O)O)NC(=O)[C@@H](NC(=O)[C@H](CC(C)C)NC(=O)CN)[C@@H](C)CC)[C@@H](C)CC)C(=O)O. The minimum absolute atomic E-state index is 0.0569. The molecule has 1 saturated heterocycles. The van der Waals surface area contributed by atoms with Crippen molar-refractivity contribution >= 4 is 71.0 Å². The Morgan fingerprint density at radius 3 is 1.68 bits per heavy atom. The smallest absolute Gasteiger partial charge is 0.326 e. The number of hydrogen-bond donors (Lipinski definition) is 13. The van der Waals surface area contributed by atoms with Gasteiger partial charge in [-0.1, -0.05) is 74.7 Å². The van der Waals surface area contributed by atoms with E-state index >= 15 is 0 Å². The largest absolute Gasteiger partial charge is 0.481 e. The summed E-state index contributed by atoms with van der Waals surface area (Å²) >= 11 is 0. The second-order valence-electron chi connectivity index (χ2n) is 19.9. The first kappa shape index (κ1) is 64.9. The average Bonchev–Trinajstić information content (AvgIpc) is 4.08. The maximum absolute atomic E-state index is 14.1. The van der Waals surface area contributed by atoms with Crippen LogP contribution in [0.3, 0.4) is 0 Å². The van der Waals surface area contributed by atoms with Crippen LogP contribution in [0.4, 0.5) is 0 Å². The molecule has 0 unspecified atom stereocenters. The van der Waals surface area contributed by atoms with Crippen molar-refractivity contribution in [3.8, 4) is 0 Å². The summed E-state index contributed by atoms with van der Waals surface area (Å²) in [5.74, 6) is -12.7. The number of rotatable bonds is 33. The fourth-order valence-electron chi connectivity index (χ4n) is 8.29. The molecule has 12 atom stereocenters. The fraction of sp³-hybridized carbons (Fsp3) is 0.694. The molecule has 1 aromatic heterocycles. The van der Waals surface area contributed by atoms with Crippen molar-refractivity contribution in [2.75, 3.05) is 13.1 Å². The Bertz CT molecular complexity index is 2190. The number of nitrogens with zero attached hydrogens (tertiary/aromatic N) is 2. The lowest BCUT2D eigenvalue weighted by Crippen LogP contribution is -2.61. The predicted molar refractivity (Wildman–Crippen MR) is 273 cm³/mol. The number of aromatic nitrogens is 2. The van der Waals surface area contributed by atoms with E-state index in [-0.39, 0.29) is 51.1 Å². The minimum atomic E-state index is -1.75. The summed E-state index contributed by atoms with van der Waals surface area (Å²) < 4.78 is 0. The summed E-state index contributed by atoms with van der Waals surface area (Å²) in [4.78, 5) is 167. The second-order valence-corrected chi connectivity index (χ2v) is 19.9. The topological polar surface area (TPSA) is 425 Å². The molecule has 0 spiro atoms. The van der Waals surface area contributed by atoms with Gasteiger partial charge >= 0.3 is 11.9 Å². The summed E-state index contributed by atoms with van der Waals surface area (Å²) in [5.41, 5.74) is 11.2. The summed E-state index contributed by atoms with van der Waals surface area (Å²) in [5, 5.41) is 39.9. The van der Waals surface area contributed by atoms with Crippen LogP contribution in [0.25, 0.3) is 0 Å². The van der Waals surface area contributed by atoms with Crippen LogP contribution in [0.1, 0.15) is 126 Å². The van der Waals surface area contributed by atoms with Crippen LogP contribution in [-0.2, 0) is 64.0 Å². The molecule has 1 fully saturated rings. The van der Waals surface area contributed by atoms with Crippen molar-refractivity contribution < 1.29 is 67.7 Å². The highest BCUT2D eigenvalue weighted by atomic mass is 16.4. The Morgan fingerprint density at radius 1 is 0.671 bits per heavy atom. The number of carbonyl (C=O) groups is 12. The molecule has 426 valence electrons. The van der Waals surface area contributed by atoms with E-state index < -0.39 is 150 Å². The van der Waals surface area contributed by atoms with Gasteiger partial charge in [-0.3, -0.25) is 52.7 Å². The number of imidazole rings is 1. The number of carboxylic acids is 2. The van der Waals surface area contributed by atoms with Crippen LogP contribution in [0.5, 0.6) is 0 Å². The Morgan fingerprint density at radius 2 is 1.18 bits per heavy atom. The van der Waals surface area contributed by atoms with Crippen molar-refractivity contribution in [1.29, 1.82) is 0 Å². The number of primary amides is 1. The third kappa shape index (κ3) is 20.5. The van der Waals surface area contributed by atoms with Crippen molar-refractivity contribution in [3.05, 3.63) is 18.2 Å². The lowest BCUT2D eigenvalue weighted by molar-refractivity contribution is -0.144. The Labute approximate surface area is 442 Å². The number of carbonyl (C=O) groups excluding carboxylic acids is 10. The molecular weight excluding hydrogens is 995 g/mol. The molecule has 0 aromatic carbocycles. The lowest BCUT2D eigenvalue weighted by atomic mass is 9.95. The quantitative estimate of drug-likeness (QED) is 0.0356. The van der Waals surface area contributed by atoms with Gasteiger partial charge in [-0.25, -0.2) is 9.78 Å².